The summed E-state index contributed by atoms with van der Waals surface area (Å²) >= 11 is 1.18. The Morgan fingerprint density at radius 3 is 2.91 bits per heavy atom. The number of hydrogen-bond acceptors (Lipinski definition) is 5. The first-order chi connectivity index (χ1) is 10.6. The molecule has 0 radical (unpaired) electrons. The van der Waals surface area contributed by atoms with Crippen LogP contribution < -0.4 is 11.2 Å². The van der Waals surface area contributed by atoms with Gasteiger partial charge in [0.2, 0.25) is 11.1 Å². The third-order valence-corrected chi connectivity index (χ3v) is 4.34. The molecule has 1 heterocycles. The van der Waals surface area contributed by atoms with Gasteiger partial charge in [0.05, 0.1) is 11.3 Å². The van der Waals surface area contributed by atoms with Crippen LogP contribution in [0.5, 0.6) is 0 Å². The molecule has 0 unspecified atom stereocenters. The number of nitrogens with zero attached hydrogens (tertiary/aromatic N) is 3. The molecule has 116 valence electrons. The minimum atomic E-state index is -0.416. The van der Waals surface area contributed by atoms with Crippen LogP contribution in [0.2, 0.25) is 0 Å². The summed E-state index contributed by atoms with van der Waals surface area (Å²) in [5.41, 5.74) is 0.280. The highest BCUT2D eigenvalue weighted by Crippen LogP contribution is 2.27. The molecule has 3 rings (SSSR count). The highest BCUT2D eigenvalue weighted by atomic mass is 32.2. The van der Waals surface area contributed by atoms with Gasteiger partial charge in [-0.1, -0.05) is 23.9 Å². The fraction of sp³-hybridized carbons (Fsp3) is 0.357. The minimum absolute atomic E-state index is 0.0626. The summed E-state index contributed by atoms with van der Waals surface area (Å²) in [6.07, 6.45) is 2.38. The fourth-order valence-electron chi connectivity index (χ4n) is 1.96. The first kappa shape index (κ1) is 14.8. The molecule has 0 spiro atoms. The monoisotopic (exact) mass is 321 g/mol. The Labute approximate surface area is 131 Å². The lowest BCUT2D eigenvalue weighted by Gasteiger charge is -2.05. The van der Waals surface area contributed by atoms with Crippen LogP contribution in [0.3, 0.4) is 0 Å². The second-order valence-electron chi connectivity index (χ2n) is 5.19. The summed E-state index contributed by atoms with van der Waals surface area (Å²) in [6.45, 7) is 0.731. The van der Waals surface area contributed by atoms with E-state index in [0.29, 0.717) is 11.1 Å². The summed E-state index contributed by atoms with van der Waals surface area (Å²) in [6, 6.07) is 6.21. The van der Waals surface area contributed by atoms with E-state index >= 15 is 0 Å². The van der Waals surface area contributed by atoms with Gasteiger partial charge >= 0.3 is 0 Å². The molecule has 22 heavy (non-hydrogen) atoms. The number of carbonyl (C=O) groups is 1. The van der Waals surface area contributed by atoms with E-state index in [1.54, 1.807) is 18.2 Å². The zero-order valence-corrected chi connectivity index (χ0v) is 12.6. The van der Waals surface area contributed by atoms with Crippen molar-refractivity contribution in [2.45, 2.75) is 18.0 Å². The maximum Gasteiger partial charge on any atom is 0.230 e. The summed E-state index contributed by atoms with van der Waals surface area (Å²) in [4.78, 5) is 11.7. The Kier molecular flexibility index (Phi) is 4.28. The second kappa shape index (κ2) is 6.35. The van der Waals surface area contributed by atoms with Crippen LogP contribution in [0.25, 0.3) is 11.4 Å². The van der Waals surface area contributed by atoms with Crippen molar-refractivity contribution < 1.29 is 9.18 Å². The van der Waals surface area contributed by atoms with Crippen molar-refractivity contribution in [1.29, 1.82) is 0 Å². The molecule has 1 aliphatic carbocycles. The smallest absolute Gasteiger partial charge is 0.230 e. The lowest BCUT2D eigenvalue weighted by Crippen LogP contribution is -2.27. The fourth-order valence-corrected chi connectivity index (χ4v) is 2.65. The molecule has 0 aliphatic heterocycles. The average Bonchev–Trinajstić information content (AvgIpc) is 3.27. The van der Waals surface area contributed by atoms with Gasteiger partial charge in [-0.15, -0.1) is 10.2 Å². The third-order valence-electron chi connectivity index (χ3n) is 3.40. The summed E-state index contributed by atoms with van der Waals surface area (Å²) in [7, 11) is 0. The number of thioether (sulfide) groups is 1. The van der Waals surface area contributed by atoms with Crippen LogP contribution >= 0.6 is 11.8 Å². The Hall–Kier alpha value is -2.09. The zero-order chi connectivity index (χ0) is 15.5. The molecular weight excluding hydrogens is 305 g/mol. The molecule has 1 fully saturated rings. The SMILES string of the molecule is Nn1c(SCC(=O)NCC2CC2)nnc1-c1ccccc1F. The van der Waals surface area contributed by atoms with Gasteiger partial charge in [-0.25, -0.2) is 9.07 Å². The summed E-state index contributed by atoms with van der Waals surface area (Å²) in [5, 5.41) is 11.1. The molecule has 1 aromatic carbocycles. The predicted octanol–water partition coefficient (Wildman–Crippen LogP) is 1.42. The van der Waals surface area contributed by atoms with Crippen molar-refractivity contribution in [3.8, 4) is 11.4 Å². The van der Waals surface area contributed by atoms with Crippen molar-refractivity contribution in [3.05, 3.63) is 30.1 Å². The first-order valence-corrected chi connectivity index (χ1v) is 7.98. The molecule has 1 amide bonds. The average molecular weight is 321 g/mol. The number of carbonyl (C=O) groups excluding carboxylic acids is 1. The second-order valence-corrected chi connectivity index (χ2v) is 6.13. The van der Waals surface area contributed by atoms with Gasteiger partial charge in [0.1, 0.15) is 5.82 Å². The third kappa shape index (κ3) is 3.38. The van der Waals surface area contributed by atoms with Crippen LogP contribution in [0.15, 0.2) is 29.4 Å². The molecule has 0 saturated heterocycles. The first-order valence-electron chi connectivity index (χ1n) is 7.00. The number of benzene rings is 1. The van der Waals surface area contributed by atoms with E-state index in [0.717, 1.165) is 6.54 Å². The molecule has 1 aromatic heterocycles. The molecule has 1 saturated carbocycles. The zero-order valence-electron chi connectivity index (χ0n) is 11.8. The van der Waals surface area contributed by atoms with Gasteiger partial charge in [0, 0.05) is 6.54 Å². The number of amides is 1. The van der Waals surface area contributed by atoms with E-state index in [2.05, 4.69) is 15.5 Å². The van der Waals surface area contributed by atoms with Gasteiger partial charge in [0.25, 0.3) is 0 Å². The van der Waals surface area contributed by atoms with Gasteiger partial charge in [-0.3, -0.25) is 4.79 Å². The molecule has 2 aromatic rings. The lowest BCUT2D eigenvalue weighted by molar-refractivity contribution is -0.118. The van der Waals surface area contributed by atoms with E-state index in [-0.39, 0.29) is 23.0 Å². The van der Waals surface area contributed by atoms with Crippen LogP contribution in [0.1, 0.15) is 12.8 Å². The van der Waals surface area contributed by atoms with Gasteiger partial charge in [0.15, 0.2) is 5.82 Å². The van der Waals surface area contributed by atoms with E-state index in [1.165, 1.54) is 35.3 Å². The van der Waals surface area contributed by atoms with Crippen LogP contribution in [-0.4, -0.2) is 33.1 Å². The van der Waals surface area contributed by atoms with Crippen molar-refractivity contribution in [1.82, 2.24) is 20.2 Å². The topological polar surface area (TPSA) is 85.8 Å². The van der Waals surface area contributed by atoms with Crippen molar-refractivity contribution in [2.24, 2.45) is 5.92 Å². The van der Waals surface area contributed by atoms with Gasteiger partial charge < -0.3 is 11.2 Å². The number of hydrogen-bond donors (Lipinski definition) is 2. The van der Waals surface area contributed by atoms with E-state index in [4.69, 9.17) is 5.84 Å². The van der Waals surface area contributed by atoms with E-state index < -0.39 is 5.82 Å². The quantitative estimate of drug-likeness (QED) is 0.621. The van der Waals surface area contributed by atoms with E-state index in [1.807, 2.05) is 0 Å². The Balaban J connectivity index is 1.63. The molecule has 3 N–H and O–H groups in total. The minimum Gasteiger partial charge on any atom is -0.355 e. The molecule has 0 atom stereocenters. The van der Waals surface area contributed by atoms with Crippen molar-refractivity contribution in [2.75, 3.05) is 18.1 Å². The maximum absolute atomic E-state index is 13.8. The highest BCUT2D eigenvalue weighted by molar-refractivity contribution is 7.99. The Bertz CT molecular complexity index is 686. The number of aromatic nitrogens is 3. The van der Waals surface area contributed by atoms with Gasteiger partial charge in [-0.05, 0) is 30.9 Å². The number of halogens is 1. The standard InChI is InChI=1S/C14H16FN5OS/c15-11-4-2-1-3-10(11)13-18-19-14(20(13)16)22-8-12(21)17-7-9-5-6-9/h1-4,9H,5-8,16H2,(H,17,21). The Morgan fingerprint density at radius 1 is 1.41 bits per heavy atom. The van der Waals surface area contributed by atoms with E-state index in [9.17, 15) is 9.18 Å². The highest BCUT2D eigenvalue weighted by Gasteiger charge is 2.22. The molecule has 8 heteroatoms. The largest absolute Gasteiger partial charge is 0.355 e. The van der Waals surface area contributed by atoms with Gasteiger partial charge in [-0.2, -0.15) is 0 Å². The number of nitrogen functional groups attached to an aromatic ring is 1. The predicted molar refractivity (Wildman–Crippen MR) is 82.0 cm³/mol. The molecular formula is C14H16FN5OS. The molecule has 6 nitrogen and oxygen atoms in total. The normalized spacial score (nSPS) is 14.0. The molecule has 0 bridgehead atoms. The number of rotatable bonds is 6. The maximum atomic E-state index is 13.8. The number of nitrogens with one attached hydrogen (secondary N) is 1. The summed E-state index contributed by atoms with van der Waals surface area (Å²) in [5.74, 6) is 6.50. The van der Waals surface area contributed by atoms with Crippen LogP contribution in [0, 0.1) is 11.7 Å². The Morgan fingerprint density at radius 2 is 2.18 bits per heavy atom. The van der Waals surface area contributed by atoms with Crippen LogP contribution in [0.4, 0.5) is 4.39 Å². The van der Waals surface area contributed by atoms with Crippen LogP contribution in [-0.2, 0) is 4.79 Å². The molecule has 1 aliphatic rings. The summed E-state index contributed by atoms with van der Waals surface area (Å²) < 4.78 is 15.0. The number of nitrogens with two attached hydrogens (primary N) is 1. The lowest BCUT2D eigenvalue weighted by atomic mass is 10.2. The van der Waals surface area contributed by atoms with Crippen molar-refractivity contribution in [3.63, 3.8) is 0 Å². The van der Waals surface area contributed by atoms with Crippen molar-refractivity contribution >= 4 is 17.7 Å².